The van der Waals surface area contributed by atoms with Crippen LogP contribution in [0.5, 0.6) is 0 Å². The van der Waals surface area contributed by atoms with Gasteiger partial charge < -0.3 is 0 Å². The molecule has 0 bridgehead atoms. The van der Waals surface area contributed by atoms with Crippen molar-refractivity contribution in [3.63, 3.8) is 0 Å². The summed E-state index contributed by atoms with van der Waals surface area (Å²) < 4.78 is 22.7. The molecule has 1 aliphatic rings. The summed E-state index contributed by atoms with van der Waals surface area (Å²) >= 11 is 1.69. The summed E-state index contributed by atoms with van der Waals surface area (Å²) in [5, 5.41) is 3.20. The SMILES string of the molecule is Cc1csc(CN(C)CCC2CCS(=O)(=O)C2)n1. The maximum absolute atomic E-state index is 11.4. The molecule has 4 nitrogen and oxygen atoms in total. The third-order valence-electron chi connectivity index (χ3n) is 3.32. The predicted molar refractivity (Wildman–Crippen MR) is 74.6 cm³/mol. The highest BCUT2D eigenvalue weighted by molar-refractivity contribution is 7.91. The first kappa shape index (κ1) is 14.0. The zero-order chi connectivity index (χ0) is 13.2. The number of sulfone groups is 1. The van der Waals surface area contributed by atoms with Gasteiger partial charge in [-0.3, -0.25) is 4.90 Å². The van der Waals surface area contributed by atoms with E-state index in [2.05, 4.69) is 22.3 Å². The fraction of sp³-hybridized carbons (Fsp3) is 0.750. The van der Waals surface area contributed by atoms with Gasteiger partial charge >= 0.3 is 0 Å². The van der Waals surface area contributed by atoms with E-state index in [9.17, 15) is 8.42 Å². The van der Waals surface area contributed by atoms with Gasteiger partial charge in [0.05, 0.1) is 18.1 Å². The third kappa shape index (κ3) is 4.03. The van der Waals surface area contributed by atoms with Crippen LogP contribution in [0.25, 0.3) is 0 Å². The fourth-order valence-electron chi connectivity index (χ4n) is 2.29. The van der Waals surface area contributed by atoms with E-state index in [1.165, 1.54) is 0 Å². The minimum atomic E-state index is -2.73. The lowest BCUT2D eigenvalue weighted by Gasteiger charge is -2.17. The van der Waals surface area contributed by atoms with Crippen LogP contribution in [0.15, 0.2) is 5.38 Å². The van der Waals surface area contributed by atoms with Gasteiger partial charge in [-0.15, -0.1) is 11.3 Å². The Morgan fingerprint density at radius 3 is 2.89 bits per heavy atom. The Bertz CT molecular complexity index is 496. The molecule has 0 saturated carbocycles. The fourth-order valence-corrected chi connectivity index (χ4v) is 5.05. The van der Waals surface area contributed by atoms with Gasteiger partial charge in [0.25, 0.3) is 0 Å². The maximum atomic E-state index is 11.4. The van der Waals surface area contributed by atoms with Crippen LogP contribution in [0.4, 0.5) is 0 Å². The van der Waals surface area contributed by atoms with E-state index in [4.69, 9.17) is 0 Å². The molecule has 0 amide bonds. The molecule has 1 fully saturated rings. The molecule has 6 heteroatoms. The van der Waals surface area contributed by atoms with Crippen molar-refractivity contribution in [1.82, 2.24) is 9.88 Å². The topological polar surface area (TPSA) is 50.3 Å². The van der Waals surface area contributed by atoms with E-state index in [1.807, 2.05) is 6.92 Å². The highest BCUT2D eigenvalue weighted by atomic mass is 32.2. The second-order valence-electron chi connectivity index (χ2n) is 5.18. The average molecular weight is 288 g/mol. The standard InChI is InChI=1S/C12H20N2O2S2/c1-10-8-17-12(13-10)7-14(2)5-3-11-4-6-18(15,16)9-11/h8,11H,3-7,9H2,1-2H3. The second kappa shape index (κ2) is 5.67. The number of rotatable bonds is 5. The summed E-state index contributed by atoms with van der Waals surface area (Å²) in [6, 6.07) is 0. The quantitative estimate of drug-likeness (QED) is 0.827. The van der Waals surface area contributed by atoms with E-state index in [1.54, 1.807) is 11.3 Å². The number of aromatic nitrogens is 1. The van der Waals surface area contributed by atoms with Gasteiger partial charge in [0, 0.05) is 11.1 Å². The number of hydrogen-bond acceptors (Lipinski definition) is 5. The van der Waals surface area contributed by atoms with Crippen LogP contribution in [-0.2, 0) is 16.4 Å². The van der Waals surface area contributed by atoms with Crippen LogP contribution >= 0.6 is 11.3 Å². The Morgan fingerprint density at radius 1 is 1.56 bits per heavy atom. The highest BCUT2D eigenvalue weighted by Crippen LogP contribution is 2.22. The molecule has 1 unspecified atom stereocenters. The summed E-state index contributed by atoms with van der Waals surface area (Å²) in [5.74, 6) is 1.13. The molecule has 0 aliphatic carbocycles. The largest absolute Gasteiger partial charge is 0.300 e. The zero-order valence-corrected chi connectivity index (χ0v) is 12.6. The Balaban J connectivity index is 1.74. The van der Waals surface area contributed by atoms with E-state index in [0.717, 1.165) is 36.6 Å². The van der Waals surface area contributed by atoms with Crippen molar-refractivity contribution in [2.75, 3.05) is 25.1 Å². The second-order valence-corrected chi connectivity index (χ2v) is 8.35. The van der Waals surface area contributed by atoms with Gasteiger partial charge in [0.1, 0.15) is 5.01 Å². The number of hydrogen-bond donors (Lipinski definition) is 0. The van der Waals surface area contributed by atoms with Crippen molar-refractivity contribution in [2.45, 2.75) is 26.3 Å². The summed E-state index contributed by atoms with van der Waals surface area (Å²) in [6.07, 6.45) is 1.81. The van der Waals surface area contributed by atoms with Gasteiger partial charge in [-0.1, -0.05) is 0 Å². The Labute approximate surface area is 113 Å². The van der Waals surface area contributed by atoms with E-state index in [0.29, 0.717) is 17.4 Å². The van der Waals surface area contributed by atoms with Crippen molar-refractivity contribution < 1.29 is 8.42 Å². The predicted octanol–water partition coefficient (Wildman–Crippen LogP) is 1.71. The minimum absolute atomic E-state index is 0.357. The first-order chi connectivity index (χ1) is 8.44. The molecule has 2 heterocycles. The minimum Gasteiger partial charge on any atom is -0.300 e. The van der Waals surface area contributed by atoms with Crippen LogP contribution < -0.4 is 0 Å². The Hall–Kier alpha value is -0.460. The van der Waals surface area contributed by atoms with Crippen LogP contribution in [0, 0.1) is 12.8 Å². The van der Waals surface area contributed by atoms with Crippen molar-refractivity contribution >= 4 is 21.2 Å². The molecule has 1 saturated heterocycles. The molecular weight excluding hydrogens is 268 g/mol. The molecule has 1 aromatic heterocycles. The summed E-state index contributed by atoms with van der Waals surface area (Å²) in [6.45, 7) is 3.81. The molecule has 2 rings (SSSR count). The molecule has 0 N–H and O–H groups in total. The molecule has 0 spiro atoms. The number of nitrogens with zero attached hydrogens (tertiary/aromatic N) is 2. The van der Waals surface area contributed by atoms with Crippen LogP contribution in [0.2, 0.25) is 0 Å². The lowest BCUT2D eigenvalue weighted by molar-refractivity contribution is 0.299. The van der Waals surface area contributed by atoms with Crippen molar-refractivity contribution in [3.05, 3.63) is 16.1 Å². The molecule has 0 aromatic carbocycles. The zero-order valence-electron chi connectivity index (χ0n) is 10.9. The van der Waals surface area contributed by atoms with Gasteiger partial charge in [-0.2, -0.15) is 0 Å². The van der Waals surface area contributed by atoms with Gasteiger partial charge in [0.2, 0.25) is 0 Å². The molecular formula is C12H20N2O2S2. The molecule has 1 aliphatic heterocycles. The maximum Gasteiger partial charge on any atom is 0.150 e. The van der Waals surface area contributed by atoms with Gasteiger partial charge in [-0.25, -0.2) is 13.4 Å². The van der Waals surface area contributed by atoms with Crippen LogP contribution in [-0.4, -0.2) is 43.4 Å². The normalized spacial score (nSPS) is 22.7. The van der Waals surface area contributed by atoms with Gasteiger partial charge in [-0.05, 0) is 39.3 Å². The van der Waals surface area contributed by atoms with Crippen molar-refractivity contribution in [1.29, 1.82) is 0 Å². The van der Waals surface area contributed by atoms with E-state index < -0.39 is 9.84 Å². The Kier molecular flexibility index (Phi) is 4.40. The summed E-state index contributed by atoms with van der Waals surface area (Å²) in [5.41, 5.74) is 1.07. The number of thiazole rings is 1. The molecule has 1 aromatic rings. The summed E-state index contributed by atoms with van der Waals surface area (Å²) in [4.78, 5) is 6.66. The van der Waals surface area contributed by atoms with E-state index in [-0.39, 0.29) is 0 Å². The smallest absolute Gasteiger partial charge is 0.150 e. The third-order valence-corrected chi connectivity index (χ3v) is 6.11. The number of aryl methyl sites for hydroxylation is 1. The summed E-state index contributed by atoms with van der Waals surface area (Å²) in [7, 11) is -0.658. The molecule has 0 radical (unpaired) electrons. The van der Waals surface area contributed by atoms with Crippen LogP contribution in [0.1, 0.15) is 23.5 Å². The lowest BCUT2D eigenvalue weighted by atomic mass is 10.1. The Morgan fingerprint density at radius 2 is 2.33 bits per heavy atom. The molecule has 102 valence electrons. The van der Waals surface area contributed by atoms with Crippen LogP contribution in [0.3, 0.4) is 0 Å². The monoisotopic (exact) mass is 288 g/mol. The first-order valence-corrected chi connectivity index (χ1v) is 8.95. The first-order valence-electron chi connectivity index (χ1n) is 6.24. The van der Waals surface area contributed by atoms with Gasteiger partial charge in [0.15, 0.2) is 9.84 Å². The highest BCUT2D eigenvalue weighted by Gasteiger charge is 2.27. The van der Waals surface area contributed by atoms with Crippen molar-refractivity contribution in [2.24, 2.45) is 5.92 Å². The van der Waals surface area contributed by atoms with Crippen molar-refractivity contribution in [3.8, 4) is 0 Å². The molecule has 18 heavy (non-hydrogen) atoms. The average Bonchev–Trinajstić information content (AvgIpc) is 2.82. The molecule has 1 atom stereocenters. The lowest BCUT2D eigenvalue weighted by Crippen LogP contribution is -2.21. The van der Waals surface area contributed by atoms with E-state index >= 15 is 0 Å².